The molecule has 20 heavy (non-hydrogen) atoms. The van der Waals surface area contributed by atoms with Crippen LogP contribution in [-0.2, 0) is 6.54 Å². The summed E-state index contributed by atoms with van der Waals surface area (Å²) < 4.78 is 10.5. The minimum atomic E-state index is 0.0473. The number of Topliss-reactive ketones (excluding diaryl/α,β-unsaturated/α-hetero) is 1. The standard InChI is InChI=1S/C16H19NO3/c1-12-13(8-9-20-12)10-17(2)11-15(18)14-6-4-5-7-16(14)19-3/h4-9H,10-11H2,1-3H3. The molecule has 0 N–H and O–H groups in total. The third-order valence-electron chi connectivity index (χ3n) is 3.23. The van der Waals surface area contributed by atoms with Crippen LogP contribution in [0.15, 0.2) is 41.0 Å². The van der Waals surface area contributed by atoms with Crippen LogP contribution in [0, 0.1) is 6.92 Å². The largest absolute Gasteiger partial charge is 0.496 e. The number of furan rings is 1. The van der Waals surface area contributed by atoms with Crippen molar-refractivity contribution in [2.75, 3.05) is 20.7 Å². The first-order chi connectivity index (χ1) is 9.61. The number of hydrogen-bond acceptors (Lipinski definition) is 4. The first kappa shape index (κ1) is 14.3. The van der Waals surface area contributed by atoms with Crippen molar-refractivity contribution in [3.63, 3.8) is 0 Å². The zero-order chi connectivity index (χ0) is 14.5. The molecule has 1 heterocycles. The third-order valence-corrected chi connectivity index (χ3v) is 3.23. The lowest BCUT2D eigenvalue weighted by molar-refractivity contribution is 0.0939. The first-order valence-corrected chi connectivity index (χ1v) is 6.49. The molecular weight excluding hydrogens is 254 g/mol. The van der Waals surface area contributed by atoms with Gasteiger partial charge in [-0.05, 0) is 32.2 Å². The van der Waals surface area contributed by atoms with Gasteiger partial charge in [0.1, 0.15) is 11.5 Å². The monoisotopic (exact) mass is 273 g/mol. The maximum absolute atomic E-state index is 12.3. The Bertz CT molecular complexity index is 589. The van der Waals surface area contributed by atoms with Crippen molar-refractivity contribution in [1.29, 1.82) is 0 Å². The molecule has 0 radical (unpaired) electrons. The Morgan fingerprint density at radius 1 is 1.30 bits per heavy atom. The number of aryl methyl sites for hydroxylation is 1. The summed E-state index contributed by atoms with van der Waals surface area (Å²) in [7, 11) is 3.49. The Kier molecular flexibility index (Phi) is 4.58. The van der Waals surface area contributed by atoms with Gasteiger partial charge in [0.25, 0.3) is 0 Å². The zero-order valence-corrected chi connectivity index (χ0v) is 12.1. The van der Waals surface area contributed by atoms with Gasteiger partial charge in [0.05, 0.1) is 25.5 Å². The van der Waals surface area contributed by atoms with Crippen LogP contribution in [0.1, 0.15) is 21.7 Å². The van der Waals surface area contributed by atoms with E-state index in [9.17, 15) is 4.79 Å². The zero-order valence-electron chi connectivity index (χ0n) is 12.1. The molecule has 0 saturated heterocycles. The highest BCUT2D eigenvalue weighted by molar-refractivity contribution is 6.00. The van der Waals surface area contributed by atoms with Crippen LogP contribution in [0.3, 0.4) is 0 Å². The number of benzene rings is 1. The second kappa shape index (κ2) is 6.39. The second-order valence-electron chi connectivity index (χ2n) is 4.80. The predicted octanol–water partition coefficient (Wildman–Crippen LogP) is 2.91. The molecule has 1 aromatic heterocycles. The molecule has 0 spiro atoms. The average molecular weight is 273 g/mol. The number of ether oxygens (including phenoxy) is 1. The number of hydrogen-bond donors (Lipinski definition) is 0. The number of carbonyl (C=O) groups excluding carboxylic acids is 1. The summed E-state index contributed by atoms with van der Waals surface area (Å²) in [5.74, 6) is 1.55. The van der Waals surface area contributed by atoms with Crippen LogP contribution in [-0.4, -0.2) is 31.4 Å². The van der Waals surface area contributed by atoms with E-state index in [2.05, 4.69) is 0 Å². The summed E-state index contributed by atoms with van der Waals surface area (Å²) >= 11 is 0. The highest BCUT2D eigenvalue weighted by atomic mass is 16.5. The normalized spacial score (nSPS) is 10.8. The van der Waals surface area contributed by atoms with Crippen LogP contribution >= 0.6 is 0 Å². The summed E-state index contributed by atoms with van der Waals surface area (Å²) in [6.07, 6.45) is 1.67. The Morgan fingerprint density at radius 3 is 2.70 bits per heavy atom. The summed E-state index contributed by atoms with van der Waals surface area (Å²) in [6.45, 7) is 2.94. The minimum absolute atomic E-state index is 0.0473. The molecule has 0 unspecified atom stereocenters. The molecule has 0 amide bonds. The van der Waals surface area contributed by atoms with Crippen molar-refractivity contribution in [3.8, 4) is 5.75 Å². The number of ketones is 1. The smallest absolute Gasteiger partial charge is 0.180 e. The highest BCUT2D eigenvalue weighted by Crippen LogP contribution is 2.18. The van der Waals surface area contributed by atoms with Crippen molar-refractivity contribution < 1.29 is 13.9 Å². The van der Waals surface area contributed by atoms with Gasteiger partial charge >= 0.3 is 0 Å². The van der Waals surface area contributed by atoms with E-state index in [1.807, 2.05) is 37.1 Å². The van der Waals surface area contributed by atoms with E-state index in [0.29, 0.717) is 24.4 Å². The van der Waals surface area contributed by atoms with E-state index < -0.39 is 0 Å². The topological polar surface area (TPSA) is 42.7 Å². The molecule has 4 nitrogen and oxygen atoms in total. The highest BCUT2D eigenvalue weighted by Gasteiger charge is 2.14. The van der Waals surface area contributed by atoms with Gasteiger partial charge in [-0.15, -0.1) is 0 Å². The van der Waals surface area contributed by atoms with Gasteiger partial charge in [0.15, 0.2) is 5.78 Å². The van der Waals surface area contributed by atoms with Crippen LogP contribution in [0.5, 0.6) is 5.75 Å². The summed E-state index contributed by atoms with van der Waals surface area (Å²) in [5.41, 5.74) is 1.71. The van der Waals surface area contributed by atoms with Crippen LogP contribution < -0.4 is 4.74 Å². The summed E-state index contributed by atoms with van der Waals surface area (Å²) in [4.78, 5) is 14.3. The van der Waals surface area contributed by atoms with Crippen LogP contribution in [0.25, 0.3) is 0 Å². The van der Waals surface area contributed by atoms with Crippen molar-refractivity contribution in [3.05, 3.63) is 53.5 Å². The predicted molar refractivity (Wildman–Crippen MR) is 77.1 cm³/mol. The Balaban J connectivity index is 2.02. The van der Waals surface area contributed by atoms with Crippen molar-refractivity contribution >= 4 is 5.78 Å². The van der Waals surface area contributed by atoms with Gasteiger partial charge < -0.3 is 9.15 Å². The molecule has 2 rings (SSSR count). The molecule has 4 heteroatoms. The fourth-order valence-corrected chi connectivity index (χ4v) is 2.13. The molecule has 106 valence electrons. The van der Waals surface area contributed by atoms with Crippen LogP contribution in [0.2, 0.25) is 0 Å². The maximum Gasteiger partial charge on any atom is 0.180 e. The van der Waals surface area contributed by atoms with Gasteiger partial charge in [-0.2, -0.15) is 0 Å². The Morgan fingerprint density at radius 2 is 2.05 bits per heavy atom. The Labute approximate surface area is 119 Å². The number of nitrogens with zero attached hydrogens (tertiary/aromatic N) is 1. The maximum atomic E-state index is 12.3. The summed E-state index contributed by atoms with van der Waals surface area (Å²) in [5, 5.41) is 0. The fraction of sp³-hybridized carbons (Fsp3) is 0.312. The average Bonchev–Trinajstić information content (AvgIpc) is 2.84. The van der Waals surface area contributed by atoms with E-state index in [4.69, 9.17) is 9.15 Å². The Hall–Kier alpha value is -2.07. The van der Waals surface area contributed by atoms with Crippen molar-refractivity contribution in [1.82, 2.24) is 4.90 Å². The number of carbonyl (C=O) groups is 1. The fourth-order valence-electron chi connectivity index (χ4n) is 2.13. The molecule has 0 fully saturated rings. The lowest BCUT2D eigenvalue weighted by Crippen LogP contribution is -2.26. The lowest BCUT2D eigenvalue weighted by Gasteiger charge is -2.16. The number of para-hydroxylation sites is 1. The number of rotatable bonds is 6. The minimum Gasteiger partial charge on any atom is -0.496 e. The van der Waals surface area contributed by atoms with E-state index in [0.717, 1.165) is 11.3 Å². The molecular formula is C16H19NO3. The number of methoxy groups -OCH3 is 1. The lowest BCUT2D eigenvalue weighted by atomic mass is 10.1. The molecule has 2 aromatic rings. The molecule has 0 aliphatic rings. The van der Waals surface area contributed by atoms with E-state index in [1.165, 1.54) is 0 Å². The SMILES string of the molecule is COc1ccccc1C(=O)CN(C)Cc1ccoc1C. The molecule has 0 aliphatic heterocycles. The van der Waals surface area contributed by atoms with Crippen molar-refractivity contribution in [2.24, 2.45) is 0 Å². The molecule has 1 aromatic carbocycles. The molecule has 0 aliphatic carbocycles. The summed E-state index contributed by atoms with van der Waals surface area (Å²) in [6, 6.07) is 9.22. The van der Waals surface area contributed by atoms with Crippen LogP contribution in [0.4, 0.5) is 0 Å². The van der Waals surface area contributed by atoms with Gasteiger partial charge in [-0.25, -0.2) is 0 Å². The van der Waals surface area contributed by atoms with E-state index in [-0.39, 0.29) is 5.78 Å². The van der Waals surface area contributed by atoms with Gasteiger partial charge in [0.2, 0.25) is 0 Å². The molecule has 0 saturated carbocycles. The third kappa shape index (κ3) is 3.27. The molecule has 0 atom stereocenters. The first-order valence-electron chi connectivity index (χ1n) is 6.49. The van der Waals surface area contributed by atoms with E-state index >= 15 is 0 Å². The second-order valence-corrected chi connectivity index (χ2v) is 4.80. The van der Waals surface area contributed by atoms with Gasteiger partial charge in [-0.1, -0.05) is 12.1 Å². The van der Waals surface area contributed by atoms with E-state index in [1.54, 1.807) is 25.5 Å². The van der Waals surface area contributed by atoms with Crippen molar-refractivity contribution in [2.45, 2.75) is 13.5 Å². The molecule has 0 bridgehead atoms. The van der Waals surface area contributed by atoms with Gasteiger partial charge in [-0.3, -0.25) is 9.69 Å². The number of likely N-dealkylation sites (N-methyl/N-ethyl adjacent to an activating group) is 1. The quantitative estimate of drug-likeness (QED) is 0.759. The van der Waals surface area contributed by atoms with Gasteiger partial charge in [0, 0.05) is 12.1 Å².